The molecule has 1 aliphatic heterocycles. The maximum absolute atomic E-state index is 12.3. The number of nitrogens with one attached hydrogen (secondary N) is 1. The summed E-state index contributed by atoms with van der Waals surface area (Å²) in [6, 6.07) is 9.69. The number of esters is 1. The second-order valence-corrected chi connectivity index (χ2v) is 5.93. The van der Waals surface area contributed by atoms with Crippen molar-refractivity contribution in [2.75, 3.05) is 43.5 Å². The van der Waals surface area contributed by atoms with Crippen molar-refractivity contribution in [1.82, 2.24) is 15.1 Å². The van der Waals surface area contributed by atoms with Crippen LogP contribution in [0, 0.1) is 0 Å². The highest BCUT2D eigenvalue weighted by atomic mass is 16.5. The van der Waals surface area contributed by atoms with Crippen LogP contribution in [0.25, 0.3) is 0 Å². The molecular formula is C18H19N5O4. The molecule has 2 heterocycles. The predicted octanol–water partition coefficient (Wildman–Crippen LogP) is 0.794. The van der Waals surface area contributed by atoms with Gasteiger partial charge < -0.3 is 19.9 Å². The fourth-order valence-corrected chi connectivity index (χ4v) is 2.67. The maximum Gasteiger partial charge on any atom is 0.337 e. The van der Waals surface area contributed by atoms with E-state index in [1.807, 2.05) is 4.90 Å². The zero-order valence-electron chi connectivity index (χ0n) is 14.8. The minimum atomic E-state index is -0.441. The third-order valence-corrected chi connectivity index (χ3v) is 4.23. The number of carbonyl (C=O) groups excluding carboxylic acids is 3. The van der Waals surface area contributed by atoms with Crippen LogP contribution in [0.4, 0.5) is 11.5 Å². The molecule has 0 atom stereocenters. The Morgan fingerprint density at radius 2 is 1.74 bits per heavy atom. The smallest absolute Gasteiger partial charge is 0.337 e. The van der Waals surface area contributed by atoms with Gasteiger partial charge >= 0.3 is 5.97 Å². The number of methoxy groups -OCH3 is 1. The van der Waals surface area contributed by atoms with Crippen molar-refractivity contribution in [3.63, 3.8) is 0 Å². The molecule has 1 N–H and O–H groups in total. The molecule has 2 amide bonds. The normalized spacial score (nSPS) is 13.8. The van der Waals surface area contributed by atoms with Crippen LogP contribution < -0.4 is 10.2 Å². The Balaban J connectivity index is 1.60. The van der Waals surface area contributed by atoms with E-state index in [-0.39, 0.29) is 5.69 Å². The summed E-state index contributed by atoms with van der Waals surface area (Å²) in [5, 5.41) is 10.8. The lowest BCUT2D eigenvalue weighted by atomic mass is 10.2. The van der Waals surface area contributed by atoms with Crippen LogP contribution in [0.15, 0.2) is 36.4 Å². The van der Waals surface area contributed by atoms with Gasteiger partial charge in [0.15, 0.2) is 11.5 Å². The van der Waals surface area contributed by atoms with Gasteiger partial charge in [-0.1, -0.05) is 0 Å². The van der Waals surface area contributed by atoms with E-state index in [4.69, 9.17) is 0 Å². The van der Waals surface area contributed by atoms with E-state index in [1.54, 1.807) is 41.3 Å². The van der Waals surface area contributed by atoms with E-state index in [9.17, 15) is 14.4 Å². The minimum Gasteiger partial charge on any atom is -0.465 e. The summed E-state index contributed by atoms with van der Waals surface area (Å²) < 4.78 is 4.63. The fourth-order valence-electron chi connectivity index (χ4n) is 2.67. The highest BCUT2D eigenvalue weighted by Crippen LogP contribution is 2.14. The van der Waals surface area contributed by atoms with E-state index in [0.717, 1.165) is 6.41 Å². The number of nitrogens with zero attached hydrogens (tertiary/aromatic N) is 4. The standard InChI is InChI=1S/C18H19N5O4/c1-27-18(26)13-2-4-14(5-3-13)19-17(25)15-6-7-16(21-20-15)23-10-8-22(12-24)9-11-23/h2-7,12H,8-11H2,1H3,(H,19,25). The summed E-state index contributed by atoms with van der Waals surface area (Å²) in [6.45, 7) is 2.61. The number of piperazine rings is 1. The van der Waals surface area contributed by atoms with Crippen molar-refractivity contribution in [2.45, 2.75) is 0 Å². The Morgan fingerprint density at radius 1 is 1.04 bits per heavy atom. The Kier molecular flexibility index (Phi) is 5.60. The van der Waals surface area contributed by atoms with E-state index < -0.39 is 11.9 Å². The van der Waals surface area contributed by atoms with Crippen LogP contribution in [0.5, 0.6) is 0 Å². The van der Waals surface area contributed by atoms with E-state index >= 15 is 0 Å². The number of hydrogen-bond acceptors (Lipinski definition) is 7. The molecule has 1 aromatic heterocycles. The van der Waals surface area contributed by atoms with Gasteiger partial charge in [0.2, 0.25) is 6.41 Å². The predicted molar refractivity (Wildman–Crippen MR) is 97.6 cm³/mol. The Hall–Kier alpha value is -3.49. The third kappa shape index (κ3) is 4.38. The van der Waals surface area contributed by atoms with Crippen LogP contribution in [0.2, 0.25) is 0 Å². The van der Waals surface area contributed by atoms with Crippen LogP contribution in [-0.2, 0) is 9.53 Å². The molecule has 0 aliphatic carbocycles. The van der Waals surface area contributed by atoms with Crippen LogP contribution in [0.3, 0.4) is 0 Å². The maximum atomic E-state index is 12.3. The number of hydrogen-bond donors (Lipinski definition) is 1. The van der Waals surface area contributed by atoms with Crippen molar-refractivity contribution in [1.29, 1.82) is 0 Å². The van der Waals surface area contributed by atoms with Gasteiger partial charge in [0.05, 0.1) is 12.7 Å². The summed E-state index contributed by atoms with van der Waals surface area (Å²) in [5.74, 6) is -0.173. The lowest BCUT2D eigenvalue weighted by molar-refractivity contribution is -0.118. The van der Waals surface area contributed by atoms with Gasteiger partial charge in [-0.2, -0.15) is 0 Å². The highest BCUT2D eigenvalue weighted by molar-refractivity contribution is 6.03. The number of carbonyl (C=O) groups is 3. The average Bonchev–Trinajstić information content (AvgIpc) is 2.74. The Bertz CT molecular complexity index is 815. The molecule has 2 aromatic rings. The number of benzene rings is 1. The summed E-state index contributed by atoms with van der Waals surface area (Å²) in [4.78, 5) is 38.2. The molecule has 1 aromatic carbocycles. The second-order valence-electron chi connectivity index (χ2n) is 5.93. The third-order valence-electron chi connectivity index (χ3n) is 4.23. The number of anilines is 2. The molecule has 9 nitrogen and oxygen atoms in total. The molecule has 1 fully saturated rings. The van der Waals surface area contributed by atoms with Gasteiger partial charge in [0.1, 0.15) is 0 Å². The van der Waals surface area contributed by atoms with Crippen LogP contribution in [0.1, 0.15) is 20.8 Å². The molecule has 0 spiro atoms. The largest absolute Gasteiger partial charge is 0.465 e. The second kappa shape index (κ2) is 8.26. The van der Waals surface area contributed by atoms with E-state index in [1.165, 1.54) is 7.11 Å². The van der Waals surface area contributed by atoms with Gasteiger partial charge in [-0.3, -0.25) is 9.59 Å². The zero-order chi connectivity index (χ0) is 19.2. The molecule has 1 aliphatic rings. The molecule has 0 bridgehead atoms. The average molecular weight is 369 g/mol. The summed E-state index contributed by atoms with van der Waals surface area (Å²) >= 11 is 0. The van der Waals surface area contributed by atoms with Crippen molar-refractivity contribution >= 4 is 29.8 Å². The zero-order valence-corrected chi connectivity index (χ0v) is 14.8. The van der Waals surface area contributed by atoms with Gasteiger partial charge in [-0.05, 0) is 36.4 Å². The fraction of sp³-hybridized carbons (Fsp3) is 0.278. The van der Waals surface area contributed by atoms with Crippen molar-refractivity contribution < 1.29 is 19.1 Å². The van der Waals surface area contributed by atoms with Crippen LogP contribution in [-0.4, -0.2) is 66.7 Å². The molecular weight excluding hydrogens is 350 g/mol. The first-order valence-corrected chi connectivity index (χ1v) is 8.38. The first-order chi connectivity index (χ1) is 13.1. The summed E-state index contributed by atoms with van der Waals surface area (Å²) in [6.07, 6.45) is 0.841. The number of aromatic nitrogens is 2. The lowest BCUT2D eigenvalue weighted by Gasteiger charge is -2.32. The number of amides is 2. The Morgan fingerprint density at radius 3 is 2.30 bits per heavy atom. The summed E-state index contributed by atoms with van der Waals surface area (Å²) in [5.41, 5.74) is 1.11. The molecule has 1 saturated heterocycles. The number of rotatable bonds is 5. The monoisotopic (exact) mass is 369 g/mol. The molecule has 27 heavy (non-hydrogen) atoms. The Labute approximate surface area is 155 Å². The molecule has 0 saturated carbocycles. The number of ether oxygens (including phenoxy) is 1. The van der Waals surface area contributed by atoms with Crippen molar-refractivity contribution in [2.24, 2.45) is 0 Å². The topological polar surface area (TPSA) is 105 Å². The molecule has 140 valence electrons. The van der Waals surface area contributed by atoms with Gasteiger partial charge in [-0.25, -0.2) is 4.79 Å². The lowest BCUT2D eigenvalue weighted by Crippen LogP contribution is -2.46. The van der Waals surface area contributed by atoms with Crippen molar-refractivity contribution in [3.05, 3.63) is 47.7 Å². The van der Waals surface area contributed by atoms with Gasteiger partial charge in [0.25, 0.3) is 5.91 Å². The van der Waals surface area contributed by atoms with Crippen LogP contribution >= 0.6 is 0 Å². The quantitative estimate of drug-likeness (QED) is 0.614. The molecule has 3 rings (SSSR count). The summed E-state index contributed by atoms with van der Waals surface area (Å²) in [7, 11) is 1.31. The molecule has 0 unspecified atom stereocenters. The van der Waals surface area contributed by atoms with E-state index in [2.05, 4.69) is 20.3 Å². The van der Waals surface area contributed by atoms with Crippen molar-refractivity contribution in [3.8, 4) is 0 Å². The minimum absolute atomic E-state index is 0.183. The SMILES string of the molecule is COC(=O)c1ccc(NC(=O)c2ccc(N3CCN(C=O)CC3)nn2)cc1. The first kappa shape index (κ1) is 18.3. The van der Waals surface area contributed by atoms with Gasteiger partial charge in [0, 0.05) is 31.9 Å². The first-order valence-electron chi connectivity index (χ1n) is 8.38. The van der Waals surface area contributed by atoms with E-state index in [0.29, 0.717) is 43.2 Å². The molecule has 0 radical (unpaired) electrons. The highest BCUT2D eigenvalue weighted by Gasteiger charge is 2.18. The van der Waals surface area contributed by atoms with Gasteiger partial charge in [-0.15, -0.1) is 10.2 Å². The molecule has 9 heteroatoms.